The number of carbonyl (C=O) groups is 1. The van der Waals surface area contributed by atoms with Gasteiger partial charge in [-0.3, -0.25) is 4.79 Å². The zero-order valence-corrected chi connectivity index (χ0v) is 12.6. The summed E-state index contributed by atoms with van der Waals surface area (Å²) >= 11 is 1.52. The molecule has 2 aromatic rings. The average molecular weight is 302 g/mol. The van der Waals surface area contributed by atoms with Gasteiger partial charge in [0.1, 0.15) is 0 Å². The van der Waals surface area contributed by atoms with Gasteiger partial charge in [0, 0.05) is 23.0 Å². The Morgan fingerprint density at radius 3 is 2.81 bits per heavy atom. The summed E-state index contributed by atoms with van der Waals surface area (Å²) in [6.45, 7) is 3.40. The summed E-state index contributed by atoms with van der Waals surface area (Å²) in [7, 11) is 0. The van der Waals surface area contributed by atoms with Crippen LogP contribution in [0, 0.1) is 5.92 Å². The molecule has 0 spiro atoms. The lowest BCUT2D eigenvalue weighted by atomic mass is 9.84. The van der Waals surface area contributed by atoms with Crippen LogP contribution in [0.15, 0.2) is 35.1 Å². The average Bonchev–Trinajstić information content (AvgIpc) is 3.20. The fourth-order valence-electron chi connectivity index (χ4n) is 3.39. The van der Waals surface area contributed by atoms with Gasteiger partial charge < -0.3 is 14.6 Å². The number of hydrogen-bond donors (Lipinski definition) is 1. The van der Waals surface area contributed by atoms with Crippen LogP contribution in [0.2, 0.25) is 0 Å². The molecule has 110 valence electrons. The number of amides is 1. The molecule has 3 aliphatic rings. The second kappa shape index (κ2) is 5.31. The summed E-state index contributed by atoms with van der Waals surface area (Å²) in [6.07, 6.45) is 5.80. The smallest absolute Gasteiger partial charge is 0.261 e. The van der Waals surface area contributed by atoms with Crippen molar-refractivity contribution < 1.29 is 9.21 Å². The van der Waals surface area contributed by atoms with Crippen LogP contribution in [-0.4, -0.2) is 36.5 Å². The number of hydrogen-bond acceptors (Lipinski definition) is 4. The van der Waals surface area contributed by atoms with Gasteiger partial charge >= 0.3 is 0 Å². The number of nitrogens with one attached hydrogen (secondary N) is 1. The highest BCUT2D eigenvalue weighted by Gasteiger charge is 2.35. The van der Waals surface area contributed by atoms with Crippen molar-refractivity contribution in [1.29, 1.82) is 0 Å². The first-order chi connectivity index (χ1) is 10.3. The SMILES string of the molecule is O=C(NC1CN2CCC1CC2)c1ccc(-c2ccoc2)s1. The highest BCUT2D eigenvalue weighted by atomic mass is 32.1. The number of rotatable bonds is 3. The molecule has 3 aliphatic heterocycles. The predicted molar refractivity (Wildman–Crippen MR) is 82.4 cm³/mol. The first-order valence-electron chi connectivity index (χ1n) is 7.45. The van der Waals surface area contributed by atoms with Crippen molar-refractivity contribution in [2.75, 3.05) is 19.6 Å². The van der Waals surface area contributed by atoms with Crippen molar-refractivity contribution in [3.63, 3.8) is 0 Å². The number of piperidine rings is 3. The fraction of sp³-hybridized carbons (Fsp3) is 0.438. The minimum Gasteiger partial charge on any atom is -0.472 e. The Hall–Kier alpha value is -1.59. The molecular weight excluding hydrogens is 284 g/mol. The number of nitrogens with zero attached hydrogens (tertiary/aromatic N) is 1. The van der Waals surface area contributed by atoms with E-state index in [-0.39, 0.29) is 5.91 Å². The van der Waals surface area contributed by atoms with Gasteiger partial charge in [0.15, 0.2) is 0 Å². The molecule has 1 amide bonds. The Bertz CT molecular complexity index is 627. The first kappa shape index (κ1) is 13.1. The fourth-order valence-corrected chi connectivity index (χ4v) is 4.28. The third-order valence-electron chi connectivity index (χ3n) is 4.61. The van der Waals surface area contributed by atoms with Crippen LogP contribution in [-0.2, 0) is 0 Å². The summed E-state index contributed by atoms with van der Waals surface area (Å²) in [5.41, 5.74) is 1.03. The van der Waals surface area contributed by atoms with Crippen LogP contribution in [0.3, 0.4) is 0 Å². The number of fused-ring (bicyclic) bond motifs is 3. The predicted octanol–water partition coefficient (Wildman–Crippen LogP) is 2.83. The molecule has 5 heterocycles. The first-order valence-corrected chi connectivity index (χ1v) is 8.27. The van der Waals surface area contributed by atoms with E-state index < -0.39 is 0 Å². The maximum Gasteiger partial charge on any atom is 0.261 e. The molecule has 0 radical (unpaired) electrons. The van der Waals surface area contributed by atoms with Crippen molar-refractivity contribution in [3.8, 4) is 10.4 Å². The Balaban J connectivity index is 1.46. The van der Waals surface area contributed by atoms with Crippen molar-refractivity contribution >= 4 is 17.2 Å². The zero-order chi connectivity index (χ0) is 14.2. The van der Waals surface area contributed by atoms with Crippen molar-refractivity contribution in [3.05, 3.63) is 35.6 Å². The molecule has 0 saturated carbocycles. The summed E-state index contributed by atoms with van der Waals surface area (Å²) in [6, 6.07) is 6.13. The van der Waals surface area contributed by atoms with Crippen LogP contribution < -0.4 is 5.32 Å². The van der Waals surface area contributed by atoms with Crippen molar-refractivity contribution in [2.24, 2.45) is 5.92 Å². The number of furan rings is 1. The maximum absolute atomic E-state index is 12.4. The molecule has 1 N–H and O–H groups in total. The molecule has 5 rings (SSSR count). The van der Waals surface area contributed by atoms with Gasteiger partial charge in [-0.05, 0) is 50.0 Å². The van der Waals surface area contributed by atoms with E-state index in [0.717, 1.165) is 21.9 Å². The molecule has 1 unspecified atom stereocenters. The van der Waals surface area contributed by atoms with Crippen molar-refractivity contribution in [1.82, 2.24) is 10.2 Å². The molecule has 3 saturated heterocycles. The van der Waals surface area contributed by atoms with Gasteiger partial charge in [-0.2, -0.15) is 0 Å². The molecule has 1 atom stereocenters. The van der Waals surface area contributed by atoms with Gasteiger partial charge in [0.2, 0.25) is 0 Å². The second-order valence-electron chi connectivity index (χ2n) is 5.89. The Morgan fingerprint density at radius 2 is 2.14 bits per heavy atom. The topological polar surface area (TPSA) is 45.5 Å². The van der Waals surface area contributed by atoms with E-state index in [9.17, 15) is 4.79 Å². The summed E-state index contributed by atoms with van der Waals surface area (Å²) in [5, 5.41) is 3.23. The van der Waals surface area contributed by atoms with E-state index >= 15 is 0 Å². The highest BCUT2D eigenvalue weighted by molar-refractivity contribution is 7.17. The molecular formula is C16H18N2O2S. The Kier molecular flexibility index (Phi) is 3.31. The number of carbonyl (C=O) groups excluding carboxylic acids is 1. The van der Waals surface area contributed by atoms with Gasteiger partial charge in [0.25, 0.3) is 5.91 Å². The lowest BCUT2D eigenvalue weighted by Crippen LogP contribution is -2.57. The summed E-state index contributed by atoms with van der Waals surface area (Å²) in [5.74, 6) is 0.723. The lowest BCUT2D eigenvalue weighted by molar-refractivity contribution is 0.0622. The van der Waals surface area contributed by atoms with E-state index in [1.54, 1.807) is 12.5 Å². The van der Waals surface area contributed by atoms with E-state index in [1.165, 1.54) is 37.3 Å². The largest absolute Gasteiger partial charge is 0.472 e. The van der Waals surface area contributed by atoms with Crippen LogP contribution in [0.5, 0.6) is 0 Å². The molecule has 0 aliphatic carbocycles. The quantitative estimate of drug-likeness (QED) is 0.948. The third-order valence-corrected chi connectivity index (χ3v) is 5.74. The lowest BCUT2D eigenvalue weighted by Gasteiger charge is -2.44. The highest BCUT2D eigenvalue weighted by Crippen LogP contribution is 2.30. The van der Waals surface area contributed by atoms with Gasteiger partial charge in [-0.15, -0.1) is 11.3 Å². The van der Waals surface area contributed by atoms with Crippen LogP contribution in [0.1, 0.15) is 22.5 Å². The van der Waals surface area contributed by atoms with E-state index in [0.29, 0.717) is 12.0 Å². The minimum absolute atomic E-state index is 0.0634. The maximum atomic E-state index is 12.4. The molecule has 3 fully saturated rings. The molecule has 0 aromatic carbocycles. The summed E-state index contributed by atoms with van der Waals surface area (Å²) < 4.78 is 5.09. The Labute approximate surface area is 127 Å². The van der Waals surface area contributed by atoms with Crippen molar-refractivity contribution in [2.45, 2.75) is 18.9 Å². The second-order valence-corrected chi connectivity index (χ2v) is 6.98. The molecule has 4 nitrogen and oxygen atoms in total. The molecule has 2 bridgehead atoms. The normalized spacial score (nSPS) is 27.7. The van der Waals surface area contributed by atoms with Crippen LogP contribution in [0.4, 0.5) is 0 Å². The molecule has 21 heavy (non-hydrogen) atoms. The third kappa shape index (κ3) is 2.51. The van der Waals surface area contributed by atoms with E-state index in [4.69, 9.17) is 4.42 Å². The van der Waals surface area contributed by atoms with Crippen LogP contribution >= 0.6 is 11.3 Å². The molecule has 5 heteroatoms. The summed E-state index contributed by atoms with van der Waals surface area (Å²) in [4.78, 5) is 16.7. The van der Waals surface area contributed by atoms with E-state index in [2.05, 4.69) is 10.2 Å². The molecule has 2 aromatic heterocycles. The van der Waals surface area contributed by atoms with Crippen LogP contribution in [0.25, 0.3) is 10.4 Å². The van der Waals surface area contributed by atoms with Gasteiger partial charge in [-0.25, -0.2) is 0 Å². The van der Waals surface area contributed by atoms with Gasteiger partial charge in [0.05, 0.1) is 17.4 Å². The Morgan fingerprint density at radius 1 is 1.29 bits per heavy atom. The van der Waals surface area contributed by atoms with Gasteiger partial charge in [-0.1, -0.05) is 0 Å². The zero-order valence-electron chi connectivity index (χ0n) is 11.7. The minimum atomic E-state index is 0.0634. The number of thiophene rings is 1. The monoisotopic (exact) mass is 302 g/mol. The standard InChI is InChI=1S/C16H18N2O2S/c19-16(17-13-9-18-6-3-11(13)4-7-18)15-2-1-14(21-15)12-5-8-20-10-12/h1-2,5,8,10-11,13H,3-4,6-7,9H2,(H,17,19). The van der Waals surface area contributed by atoms with E-state index in [1.807, 2.05) is 18.2 Å².